The molecule has 6 nitrogen and oxygen atoms in total. The van der Waals surface area contributed by atoms with Gasteiger partial charge in [0.25, 0.3) is 5.91 Å². The smallest absolute Gasteiger partial charge is 0.260 e. The van der Waals surface area contributed by atoms with Gasteiger partial charge in [-0.2, -0.15) is 5.10 Å². The van der Waals surface area contributed by atoms with Crippen molar-refractivity contribution in [2.45, 2.75) is 13.8 Å². The summed E-state index contributed by atoms with van der Waals surface area (Å²) in [6.07, 6.45) is 0. The SMILES string of the molecule is Cc1nn(C)c(C)c1OCC(=O)N1CCNCC1. The number of carbonyl (C=O) groups is 1. The first-order chi connectivity index (χ1) is 8.59. The maximum atomic E-state index is 11.9. The number of carbonyl (C=O) groups excluding carboxylic acids is 1. The third kappa shape index (κ3) is 2.64. The van der Waals surface area contributed by atoms with Crippen LogP contribution in [0.25, 0.3) is 0 Å². The number of aryl methyl sites for hydroxylation is 2. The molecule has 1 amide bonds. The van der Waals surface area contributed by atoms with E-state index in [0.717, 1.165) is 43.3 Å². The Bertz CT molecular complexity index is 436. The van der Waals surface area contributed by atoms with Crippen molar-refractivity contribution < 1.29 is 9.53 Å². The molecule has 0 radical (unpaired) electrons. The van der Waals surface area contributed by atoms with Crippen molar-refractivity contribution in [1.29, 1.82) is 0 Å². The highest BCUT2D eigenvalue weighted by Crippen LogP contribution is 2.21. The molecule has 2 heterocycles. The predicted molar refractivity (Wildman–Crippen MR) is 67.6 cm³/mol. The van der Waals surface area contributed by atoms with Gasteiger partial charge in [0, 0.05) is 33.2 Å². The summed E-state index contributed by atoms with van der Waals surface area (Å²) in [5.41, 5.74) is 1.77. The van der Waals surface area contributed by atoms with Gasteiger partial charge in [0.1, 0.15) is 5.69 Å². The van der Waals surface area contributed by atoms with Crippen molar-refractivity contribution in [3.63, 3.8) is 0 Å². The largest absolute Gasteiger partial charge is 0.480 e. The van der Waals surface area contributed by atoms with E-state index in [0.29, 0.717) is 0 Å². The van der Waals surface area contributed by atoms with Crippen molar-refractivity contribution in [1.82, 2.24) is 20.0 Å². The minimum absolute atomic E-state index is 0.0409. The fourth-order valence-electron chi connectivity index (χ4n) is 2.10. The Kier molecular flexibility index (Phi) is 3.86. The quantitative estimate of drug-likeness (QED) is 0.812. The molecule has 1 saturated heterocycles. The Morgan fingerprint density at radius 1 is 1.39 bits per heavy atom. The van der Waals surface area contributed by atoms with Gasteiger partial charge in [-0.15, -0.1) is 0 Å². The summed E-state index contributed by atoms with van der Waals surface area (Å²) in [7, 11) is 1.87. The normalized spacial score (nSPS) is 15.8. The number of nitrogens with one attached hydrogen (secondary N) is 1. The predicted octanol–water partition coefficient (Wildman–Crippen LogP) is -0.152. The van der Waals surface area contributed by atoms with E-state index in [9.17, 15) is 4.79 Å². The molecule has 1 aromatic rings. The topological polar surface area (TPSA) is 59.4 Å². The standard InChI is InChI=1S/C12H20N4O2/c1-9-12(10(2)15(3)14-9)18-8-11(17)16-6-4-13-5-7-16/h13H,4-8H2,1-3H3. The zero-order valence-corrected chi connectivity index (χ0v) is 11.2. The van der Waals surface area contributed by atoms with Crippen LogP contribution in [0.1, 0.15) is 11.4 Å². The monoisotopic (exact) mass is 252 g/mol. The van der Waals surface area contributed by atoms with Crippen LogP contribution < -0.4 is 10.1 Å². The molecule has 0 atom stereocenters. The lowest BCUT2D eigenvalue weighted by Crippen LogP contribution is -2.47. The number of nitrogens with zero attached hydrogens (tertiary/aromatic N) is 3. The molecule has 0 aliphatic carbocycles. The lowest BCUT2D eigenvalue weighted by molar-refractivity contribution is -0.133. The molecule has 100 valence electrons. The second-order valence-electron chi connectivity index (χ2n) is 4.54. The summed E-state index contributed by atoms with van der Waals surface area (Å²) >= 11 is 0. The second-order valence-corrected chi connectivity index (χ2v) is 4.54. The highest BCUT2D eigenvalue weighted by atomic mass is 16.5. The van der Waals surface area contributed by atoms with E-state index >= 15 is 0 Å². The lowest BCUT2D eigenvalue weighted by Gasteiger charge is -2.27. The zero-order valence-electron chi connectivity index (χ0n) is 11.2. The first-order valence-corrected chi connectivity index (χ1v) is 6.21. The molecule has 0 unspecified atom stereocenters. The highest BCUT2D eigenvalue weighted by Gasteiger charge is 2.18. The number of hydrogen-bond donors (Lipinski definition) is 1. The van der Waals surface area contributed by atoms with Crippen molar-refractivity contribution >= 4 is 5.91 Å². The van der Waals surface area contributed by atoms with Gasteiger partial charge in [-0.3, -0.25) is 9.48 Å². The van der Waals surface area contributed by atoms with Gasteiger partial charge < -0.3 is 15.0 Å². The van der Waals surface area contributed by atoms with Crippen LogP contribution >= 0.6 is 0 Å². The lowest BCUT2D eigenvalue weighted by atomic mass is 10.3. The van der Waals surface area contributed by atoms with Crippen LogP contribution in [0.15, 0.2) is 0 Å². The van der Waals surface area contributed by atoms with Crippen LogP contribution in [0.3, 0.4) is 0 Å². The van der Waals surface area contributed by atoms with Crippen LogP contribution in [-0.4, -0.2) is 53.4 Å². The molecule has 1 fully saturated rings. The average molecular weight is 252 g/mol. The molecule has 0 bridgehead atoms. The fourth-order valence-corrected chi connectivity index (χ4v) is 2.10. The molecule has 1 N–H and O–H groups in total. The minimum Gasteiger partial charge on any atom is -0.480 e. The third-order valence-electron chi connectivity index (χ3n) is 3.25. The van der Waals surface area contributed by atoms with E-state index in [-0.39, 0.29) is 12.5 Å². The zero-order chi connectivity index (χ0) is 13.1. The van der Waals surface area contributed by atoms with Crippen molar-refractivity contribution in [2.75, 3.05) is 32.8 Å². The average Bonchev–Trinajstić information content (AvgIpc) is 2.62. The van der Waals surface area contributed by atoms with E-state index in [1.807, 2.05) is 25.8 Å². The summed E-state index contributed by atoms with van der Waals surface area (Å²) in [5.74, 6) is 0.764. The summed E-state index contributed by atoms with van der Waals surface area (Å²) in [4.78, 5) is 13.8. The second kappa shape index (κ2) is 5.39. The molecule has 1 aliphatic heterocycles. The molecule has 0 saturated carbocycles. The summed E-state index contributed by atoms with van der Waals surface area (Å²) in [6.45, 7) is 7.14. The Labute approximate surface area is 107 Å². The number of aromatic nitrogens is 2. The van der Waals surface area contributed by atoms with Gasteiger partial charge in [0.05, 0.1) is 5.69 Å². The molecular formula is C12H20N4O2. The highest BCUT2D eigenvalue weighted by molar-refractivity contribution is 5.78. The van der Waals surface area contributed by atoms with Crippen LogP contribution in [0.2, 0.25) is 0 Å². The van der Waals surface area contributed by atoms with E-state index in [4.69, 9.17) is 4.74 Å². The van der Waals surface area contributed by atoms with Gasteiger partial charge >= 0.3 is 0 Å². The van der Waals surface area contributed by atoms with Crippen LogP contribution in [0.5, 0.6) is 5.75 Å². The van der Waals surface area contributed by atoms with Gasteiger partial charge in [0.15, 0.2) is 12.4 Å². The van der Waals surface area contributed by atoms with Crippen LogP contribution in [-0.2, 0) is 11.8 Å². The van der Waals surface area contributed by atoms with Crippen LogP contribution in [0, 0.1) is 13.8 Å². The Balaban J connectivity index is 1.92. The molecule has 6 heteroatoms. The number of amides is 1. The third-order valence-corrected chi connectivity index (χ3v) is 3.25. The Hall–Kier alpha value is -1.56. The molecule has 0 spiro atoms. The first kappa shape index (κ1) is 12.9. The molecule has 1 aliphatic rings. The summed E-state index contributed by atoms with van der Waals surface area (Å²) < 4.78 is 7.37. The van der Waals surface area contributed by atoms with Gasteiger partial charge in [0.2, 0.25) is 0 Å². The Morgan fingerprint density at radius 3 is 2.61 bits per heavy atom. The molecule has 18 heavy (non-hydrogen) atoms. The Morgan fingerprint density at radius 2 is 2.06 bits per heavy atom. The van der Waals surface area contributed by atoms with Crippen LogP contribution in [0.4, 0.5) is 0 Å². The van der Waals surface area contributed by atoms with Gasteiger partial charge in [-0.1, -0.05) is 0 Å². The molecule has 0 aromatic carbocycles. The van der Waals surface area contributed by atoms with Gasteiger partial charge in [-0.25, -0.2) is 0 Å². The maximum absolute atomic E-state index is 11.9. The van der Waals surface area contributed by atoms with E-state index in [1.54, 1.807) is 4.68 Å². The van der Waals surface area contributed by atoms with Crippen molar-refractivity contribution in [3.05, 3.63) is 11.4 Å². The minimum atomic E-state index is 0.0409. The van der Waals surface area contributed by atoms with E-state index in [1.165, 1.54) is 0 Å². The number of piperazine rings is 1. The van der Waals surface area contributed by atoms with E-state index < -0.39 is 0 Å². The van der Waals surface area contributed by atoms with Crippen molar-refractivity contribution in [3.8, 4) is 5.75 Å². The molecule has 2 rings (SSSR count). The summed E-state index contributed by atoms with van der Waals surface area (Å²) in [6, 6.07) is 0. The van der Waals surface area contributed by atoms with Crippen molar-refractivity contribution in [2.24, 2.45) is 7.05 Å². The number of rotatable bonds is 3. The fraction of sp³-hybridized carbons (Fsp3) is 0.667. The number of ether oxygens (including phenoxy) is 1. The molecular weight excluding hydrogens is 232 g/mol. The summed E-state index contributed by atoms with van der Waals surface area (Å²) in [5, 5.41) is 7.47. The van der Waals surface area contributed by atoms with Gasteiger partial charge in [-0.05, 0) is 13.8 Å². The number of hydrogen-bond acceptors (Lipinski definition) is 4. The maximum Gasteiger partial charge on any atom is 0.260 e. The molecule has 1 aromatic heterocycles. The first-order valence-electron chi connectivity index (χ1n) is 6.21. The van der Waals surface area contributed by atoms with E-state index in [2.05, 4.69) is 10.4 Å².